The smallest absolute Gasteiger partial charge is 0.128 e. The predicted octanol–water partition coefficient (Wildman–Crippen LogP) is 4.21. The van der Waals surface area contributed by atoms with Gasteiger partial charge in [0.15, 0.2) is 0 Å². The van der Waals surface area contributed by atoms with Crippen LogP contribution in [0.25, 0.3) is 0 Å². The molecule has 1 aromatic heterocycles. The Morgan fingerprint density at radius 1 is 0.967 bits per heavy atom. The minimum absolute atomic E-state index is 0.229. The van der Waals surface area contributed by atoms with E-state index in [9.17, 15) is 5.11 Å². The first-order chi connectivity index (χ1) is 14.4. The second kappa shape index (κ2) is 10.1. The number of aromatic nitrogens is 1. The molecule has 2 aromatic carbocycles. The van der Waals surface area contributed by atoms with Crippen molar-refractivity contribution in [2.24, 2.45) is 0 Å². The Balaban J connectivity index is 1.68. The van der Waals surface area contributed by atoms with Gasteiger partial charge in [-0.2, -0.15) is 0 Å². The van der Waals surface area contributed by atoms with E-state index in [-0.39, 0.29) is 6.61 Å². The average Bonchev–Trinajstić information content (AvgIpc) is 2.75. The summed E-state index contributed by atoms with van der Waals surface area (Å²) in [6.07, 6.45) is 1.13. The van der Waals surface area contributed by atoms with Gasteiger partial charge in [0.1, 0.15) is 24.3 Å². The van der Waals surface area contributed by atoms with Gasteiger partial charge in [-0.3, -0.25) is 0 Å². The molecule has 30 heavy (non-hydrogen) atoms. The Morgan fingerprint density at radius 2 is 1.73 bits per heavy atom. The van der Waals surface area contributed by atoms with Gasteiger partial charge < -0.3 is 19.6 Å². The Labute approximate surface area is 179 Å². The van der Waals surface area contributed by atoms with E-state index in [1.165, 1.54) is 5.56 Å². The number of hydrogen-bond donors (Lipinski definition) is 1. The molecule has 1 heterocycles. The highest BCUT2D eigenvalue weighted by Crippen LogP contribution is 2.21. The van der Waals surface area contributed by atoms with E-state index >= 15 is 0 Å². The zero-order valence-corrected chi connectivity index (χ0v) is 18.2. The summed E-state index contributed by atoms with van der Waals surface area (Å²) in [6, 6.07) is 20.2. The summed E-state index contributed by atoms with van der Waals surface area (Å²) in [5, 5.41) is 10.7. The summed E-state index contributed by atoms with van der Waals surface area (Å²) in [4.78, 5) is 8.65. The van der Waals surface area contributed by atoms with Crippen molar-refractivity contribution in [1.29, 1.82) is 0 Å². The highest BCUT2D eigenvalue weighted by molar-refractivity contribution is 5.47. The second-order valence-electron chi connectivity index (χ2n) is 7.79. The normalized spacial score (nSPS) is 11.8. The van der Waals surface area contributed by atoms with Crippen molar-refractivity contribution < 1.29 is 9.84 Å². The molecule has 0 aliphatic heterocycles. The van der Waals surface area contributed by atoms with Gasteiger partial charge in [-0.25, -0.2) is 4.98 Å². The van der Waals surface area contributed by atoms with Crippen LogP contribution in [-0.4, -0.2) is 43.4 Å². The largest absolute Gasteiger partial charge is 0.491 e. The van der Waals surface area contributed by atoms with Crippen molar-refractivity contribution >= 4 is 11.5 Å². The van der Waals surface area contributed by atoms with Crippen LogP contribution in [-0.2, 0) is 6.54 Å². The van der Waals surface area contributed by atoms with E-state index in [0.717, 1.165) is 28.4 Å². The molecule has 0 bridgehead atoms. The van der Waals surface area contributed by atoms with Crippen molar-refractivity contribution in [3.63, 3.8) is 0 Å². The molecular weight excluding hydrogens is 374 g/mol. The first kappa shape index (κ1) is 21.7. The van der Waals surface area contributed by atoms with Crippen LogP contribution in [0.15, 0.2) is 66.9 Å². The third-order valence-electron chi connectivity index (χ3n) is 5.22. The number of pyridine rings is 1. The van der Waals surface area contributed by atoms with Gasteiger partial charge in [-0.15, -0.1) is 0 Å². The fourth-order valence-corrected chi connectivity index (χ4v) is 3.27. The minimum Gasteiger partial charge on any atom is -0.491 e. The van der Waals surface area contributed by atoms with E-state index in [1.54, 1.807) is 6.20 Å². The van der Waals surface area contributed by atoms with Crippen molar-refractivity contribution in [3.8, 4) is 5.75 Å². The molecule has 0 aliphatic rings. The highest BCUT2D eigenvalue weighted by atomic mass is 16.5. The number of aryl methyl sites for hydroxylation is 1. The molecule has 5 nitrogen and oxygen atoms in total. The van der Waals surface area contributed by atoms with E-state index in [2.05, 4.69) is 52.0 Å². The lowest BCUT2D eigenvalue weighted by atomic mass is 10.1. The zero-order chi connectivity index (χ0) is 21.5. The lowest BCUT2D eigenvalue weighted by molar-refractivity contribution is 0.111. The molecular formula is C25H31N3O2. The monoisotopic (exact) mass is 405 g/mol. The van der Waals surface area contributed by atoms with Crippen molar-refractivity contribution in [2.45, 2.75) is 26.5 Å². The third kappa shape index (κ3) is 5.74. The predicted molar refractivity (Wildman–Crippen MR) is 123 cm³/mol. The average molecular weight is 406 g/mol. The summed E-state index contributed by atoms with van der Waals surface area (Å²) in [7, 11) is 4.06. The molecule has 5 heteroatoms. The molecule has 158 valence electrons. The van der Waals surface area contributed by atoms with Crippen molar-refractivity contribution in [2.75, 3.05) is 37.0 Å². The van der Waals surface area contributed by atoms with Crippen LogP contribution >= 0.6 is 0 Å². The maximum absolute atomic E-state index is 10.7. The van der Waals surface area contributed by atoms with E-state index < -0.39 is 6.10 Å². The fraction of sp³-hybridized carbons (Fsp3) is 0.320. The summed E-state index contributed by atoms with van der Waals surface area (Å²) >= 11 is 0. The summed E-state index contributed by atoms with van der Waals surface area (Å²) in [6.45, 7) is 5.41. The van der Waals surface area contributed by atoms with Gasteiger partial charge in [0.05, 0.1) is 0 Å². The fourth-order valence-electron chi connectivity index (χ4n) is 3.27. The molecule has 0 fully saturated rings. The number of benzene rings is 2. The number of ether oxygens (including phenoxy) is 1. The van der Waals surface area contributed by atoms with Gasteiger partial charge >= 0.3 is 0 Å². The van der Waals surface area contributed by atoms with E-state index in [1.807, 2.05) is 51.4 Å². The molecule has 0 radical (unpaired) electrons. The first-order valence-electron chi connectivity index (χ1n) is 10.2. The summed E-state index contributed by atoms with van der Waals surface area (Å²) in [5.74, 6) is 1.65. The van der Waals surface area contributed by atoms with Crippen molar-refractivity contribution in [3.05, 3.63) is 83.6 Å². The lowest BCUT2D eigenvalue weighted by Crippen LogP contribution is -2.36. The molecule has 3 aromatic rings. The van der Waals surface area contributed by atoms with Gasteiger partial charge in [0, 0.05) is 39.1 Å². The summed E-state index contributed by atoms with van der Waals surface area (Å²) < 4.78 is 5.91. The Morgan fingerprint density at radius 3 is 2.40 bits per heavy atom. The van der Waals surface area contributed by atoms with Crippen LogP contribution in [0.2, 0.25) is 0 Å². The molecule has 1 unspecified atom stereocenters. The number of anilines is 2. The van der Waals surface area contributed by atoms with E-state index in [4.69, 9.17) is 4.74 Å². The van der Waals surface area contributed by atoms with Crippen molar-refractivity contribution in [1.82, 2.24) is 4.98 Å². The second-order valence-corrected chi connectivity index (χ2v) is 7.79. The van der Waals surface area contributed by atoms with Gasteiger partial charge in [-0.1, -0.05) is 30.3 Å². The lowest BCUT2D eigenvalue weighted by Gasteiger charge is -2.27. The SMILES string of the molecule is Cc1cccc(OCC(O)CN(Cc2ccc(N(C)C)cc2)c2ccccn2)c1C. The van der Waals surface area contributed by atoms with Gasteiger partial charge in [0.25, 0.3) is 0 Å². The molecule has 3 rings (SSSR count). The molecule has 0 saturated heterocycles. The quantitative estimate of drug-likeness (QED) is 0.578. The van der Waals surface area contributed by atoms with Crippen LogP contribution < -0.4 is 14.5 Å². The Kier molecular flexibility index (Phi) is 7.31. The van der Waals surface area contributed by atoms with Crippen LogP contribution in [0.3, 0.4) is 0 Å². The van der Waals surface area contributed by atoms with Gasteiger partial charge in [-0.05, 0) is 60.9 Å². The summed E-state index contributed by atoms with van der Waals surface area (Å²) in [5.41, 5.74) is 4.60. The molecule has 0 aliphatic carbocycles. The molecule has 0 amide bonds. The Hall–Kier alpha value is -3.05. The minimum atomic E-state index is -0.645. The number of aliphatic hydroxyl groups excluding tert-OH is 1. The maximum Gasteiger partial charge on any atom is 0.128 e. The molecule has 0 spiro atoms. The number of hydrogen-bond acceptors (Lipinski definition) is 5. The molecule has 0 saturated carbocycles. The Bertz CT molecular complexity index is 927. The van der Waals surface area contributed by atoms with Crippen LogP contribution in [0.5, 0.6) is 5.75 Å². The topological polar surface area (TPSA) is 48.8 Å². The number of rotatable bonds is 9. The number of aliphatic hydroxyl groups is 1. The maximum atomic E-state index is 10.7. The van der Waals surface area contributed by atoms with Crippen LogP contribution in [0, 0.1) is 13.8 Å². The van der Waals surface area contributed by atoms with E-state index in [0.29, 0.717) is 13.1 Å². The molecule has 1 N–H and O–H groups in total. The zero-order valence-electron chi connectivity index (χ0n) is 18.2. The van der Waals surface area contributed by atoms with Gasteiger partial charge in [0.2, 0.25) is 0 Å². The third-order valence-corrected chi connectivity index (χ3v) is 5.22. The first-order valence-corrected chi connectivity index (χ1v) is 10.2. The molecule has 1 atom stereocenters. The standard InChI is InChI=1S/C25H31N3O2/c1-19-8-7-9-24(20(19)2)30-18-23(29)17-28(25-10-5-6-15-26-25)16-21-11-13-22(14-12-21)27(3)4/h5-15,23,29H,16-18H2,1-4H3. The number of nitrogens with zero attached hydrogens (tertiary/aromatic N) is 3. The van der Waals surface area contributed by atoms with Crippen LogP contribution in [0.4, 0.5) is 11.5 Å². The van der Waals surface area contributed by atoms with Crippen LogP contribution in [0.1, 0.15) is 16.7 Å². The highest BCUT2D eigenvalue weighted by Gasteiger charge is 2.16.